The van der Waals surface area contributed by atoms with Gasteiger partial charge in [-0.1, -0.05) is 23.5 Å². The van der Waals surface area contributed by atoms with Crippen molar-refractivity contribution in [3.63, 3.8) is 0 Å². The molecular weight excluding hydrogens is 270 g/mol. The van der Waals surface area contributed by atoms with Gasteiger partial charge in [-0.25, -0.2) is 0 Å². The van der Waals surface area contributed by atoms with E-state index in [0.29, 0.717) is 10.6 Å². The molecule has 0 aliphatic heterocycles. The Hall–Kier alpha value is -1.27. The van der Waals surface area contributed by atoms with Gasteiger partial charge >= 0.3 is 0 Å². The molecule has 18 heavy (non-hydrogen) atoms. The number of benzene rings is 1. The van der Waals surface area contributed by atoms with Crippen LogP contribution < -0.4 is 5.32 Å². The summed E-state index contributed by atoms with van der Waals surface area (Å²) in [5.74, 6) is -0.217. The fourth-order valence-electron chi connectivity index (χ4n) is 1.27. The van der Waals surface area contributed by atoms with E-state index in [1.807, 2.05) is 0 Å². The summed E-state index contributed by atoms with van der Waals surface area (Å²) in [7, 11) is 0. The predicted octanol–water partition coefficient (Wildman–Crippen LogP) is 2.92. The molecule has 0 saturated heterocycles. The predicted molar refractivity (Wildman–Crippen MR) is 73.8 cm³/mol. The van der Waals surface area contributed by atoms with Crippen LogP contribution in [0.4, 0.5) is 5.69 Å². The van der Waals surface area contributed by atoms with E-state index in [-0.39, 0.29) is 16.1 Å². The van der Waals surface area contributed by atoms with Gasteiger partial charge in [0.15, 0.2) is 10.2 Å². The van der Waals surface area contributed by atoms with Crippen molar-refractivity contribution in [1.29, 1.82) is 0 Å². The highest BCUT2D eigenvalue weighted by molar-refractivity contribution is 8.14. The molecular formula is C12H13NO3S2. The first-order valence-corrected chi connectivity index (χ1v) is 6.80. The highest BCUT2D eigenvalue weighted by atomic mass is 32.2. The lowest BCUT2D eigenvalue weighted by molar-refractivity contribution is -0.114. The second-order valence-corrected chi connectivity index (χ2v) is 6.00. The first-order valence-electron chi connectivity index (χ1n) is 5.17. The molecule has 1 amide bonds. The maximum atomic E-state index is 11.1. The van der Waals surface area contributed by atoms with Gasteiger partial charge < -0.3 is 5.32 Å². The van der Waals surface area contributed by atoms with Crippen LogP contribution in [0, 0.1) is 0 Å². The molecule has 0 bridgehead atoms. The Balaban J connectivity index is 3.06. The van der Waals surface area contributed by atoms with Gasteiger partial charge in [0, 0.05) is 30.6 Å². The van der Waals surface area contributed by atoms with E-state index in [1.165, 1.54) is 20.8 Å². The summed E-state index contributed by atoms with van der Waals surface area (Å²) in [5.41, 5.74) is 0.550. The maximum Gasteiger partial charge on any atom is 0.221 e. The smallest absolute Gasteiger partial charge is 0.221 e. The molecule has 96 valence electrons. The molecule has 4 nitrogen and oxygen atoms in total. The van der Waals surface area contributed by atoms with Crippen LogP contribution in [0.2, 0.25) is 0 Å². The number of rotatable bonds is 3. The van der Waals surface area contributed by atoms with Crippen molar-refractivity contribution in [3.05, 3.63) is 18.2 Å². The van der Waals surface area contributed by atoms with E-state index in [2.05, 4.69) is 5.32 Å². The monoisotopic (exact) mass is 283 g/mol. The molecule has 0 saturated carbocycles. The summed E-state index contributed by atoms with van der Waals surface area (Å²) in [4.78, 5) is 34.6. The van der Waals surface area contributed by atoms with E-state index < -0.39 is 0 Å². The number of carbonyl (C=O) groups excluding carboxylic acids is 3. The van der Waals surface area contributed by atoms with Crippen molar-refractivity contribution in [3.8, 4) is 0 Å². The van der Waals surface area contributed by atoms with Gasteiger partial charge in [-0.05, 0) is 18.2 Å². The minimum atomic E-state index is -0.217. The quantitative estimate of drug-likeness (QED) is 0.864. The average Bonchev–Trinajstić information content (AvgIpc) is 2.19. The largest absolute Gasteiger partial charge is 0.325 e. The normalized spacial score (nSPS) is 9.94. The van der Waals surface area contributed by atoms with Crippen molar-refractivity contribution >= 4 is 45.3 Å². The molecule has 0 fully saturated rings. The van der Waals surface area contributed by atoms with Crippen molar-refractivity contribution in [2.24, 2.45) is 0 Å². The summed E-state index contributed by atoms with van der Waals surface area (Å²) in [6.45, 7) is 4.33. The van der Waals surface area contributed by atoms with E-state index >= 15 is 0 Å². The minimum Gasteiger partial charge on any atom is -0.325 e. The second kappa shape index (κ2) is 6.61. The lowest BCUT2D eigenvalue weighted by Gasteiger charge is -2.09. The van der Waals surface area contributed by atoms with Gasteiger partial charge in [0.05, 0.1) is 5.69 Å². The topological polar surface area (TPSA) is 63.2 Å². The Kier molecular flexibility index (Phi) is 5.43. The highest BCUT2D eigenvalue weighted by Gasteiger charge is 2.09. The third kappa shape index (κ3) is 4.93. The second-order valence-electron chi connectivity index (χ2n) is 3.53. The van der Waals surface area contributed by atoms with Crippen molar-refractivity contribution in [1.82, 2.24) is 0 Å². The molecule has 1 aromatic rings. The zero-order valence-electron chi connectivity index (χ0n) is 10.3. The Labute approximate surface area is 114 Å². The fourth-order valence-corrected chi connectivity index (χ4v) is 2.58. The Morgan fingerprint density at radius 3 is 2.11 bits per heavy atom. The standard InChI is InChI=1S/C12H13NO3S2/c1-7(14)13-11-6-10(17-8(2)15)4-5-12(11)18-9(3)16/h4-6H,1-3H3,(H,13,14). The van der Waals surface area contributed by atoms with Crippen LogP contribution >= 0.6 is 23.5 Å². The van der Waals surface area contributed by atoms with Crippen LogP contribution in [-0.2, 0) is 14.4 Å². The summed E-state index contributed by atoms with van der Waals surface area (Å²) in [5, 5.41) is 2.56. The Bertz CT molecular complexity index is 500. The number of anilines is 1. The number of hydrogen-bond acceptors (Lipinski definition) is 5. The van der Waals surface area contributed by atoms with E-state index in [9.17, 15) is 14.4 Å². The molecule has 6 heteroatoms. The molecule has 0 spiro atoms. The van der Waals surface area contributed by atoms with E-state index in [4.69, 9.17) is 0 Å². The van der Waals surface area contributed by atoms with E-state index in [1.54, 1.807) is 18.2 Å². The highest BCUT2D eigenvalue weighted by Crippen LogP contribution is 2.32. The molecule has 1 rings (SSSR count). The van der Waals surface area contributed by atoms with Gasteiger partial charge in [0.2, 0.25) is 5.91 Å². The van der Waals surface area contributed by atoms with Gasteiger partial charge in [-0.2, -0.15) is 0 Å². The SMILES string of the molecule is CC(=O)Nc1cc(SC(C)=O)ccc1SC(C)=O. The molecule has 0 atom stereocenters. The number of amides is 1. The lowest BCUT2D eigenvalue weighted by Crippen LogP contribution is -2.07. The van der Waals surface area contributed by atoms with Crippen molar-refractivity contribution in [2.75, 3.05) is 5.32 Å². The van der Waals surface area contributed by atoms with Crippen LogP contribution in [0.1, 0.15) is 20.8 Å². The molecule has 0 aliphatic rings. The number of thioether (sulfide) groups is 2. The third-order valence-corrected chi connectivity index (χ3v) is 3.42. The van der Waals surface area contributed by atoms with Crippen molar-refractivity contribution < 1.29 is 14.4 Å². The molecule has 0 radical (unpaired) electrons. The average molecular weight is 283 g/mol. The third-order valence-electron chi connectivity index (χ3n) is 1.78. The van der Waals surface area contributed by atoms with Gasteiger partial charge in [0.1, 0.15) is 0 Å². The maximum absolute atomic E-state index is 11.1. The molecule has 1 aromatic carbocycles. The summed E-state index contributed by atoms with van der Waals surface area (Å²) in [6.07, 6.45) is 0. The first kappa shape index (κ1) is 14.8. The van der Waals surface area contributed by atoms with Gasteiger partial charge in [-0.3, -0.25) is 14.4 Å². The fraction of sp³-hybridized carbons (Fsp3) is 0.250. The van der Waals surface area contributed by atoms with Crippen LogP contribution in [0.25, 0.3) is 0 Å². The molecule has 0 aromatic heterocycles. The van der Waals surface area contributed by atoms with Crippen LogP contribution in [-0.4, -0.2) is 16.1 Å². The molecule has 1 N–H and O–H groups in total. The zero-order valence-corrected chi connectivity index (χ0v) is 11.9. The Morgan fingerprint density at radius 2 is 1.61 bits per heavy atom. The first-order chi connectivity index (χ1) is 8.38. The molecule has 0 heterocycles. The van der Waals surface area contributed by atoms with Crippen LogP contribution in [0.15, 0.2) is 28.0 Å². The van der Waals surface area contributed by atoms with Crippen LogP contribution in [0.3, 0.4) is 0 Å². The number of carbonyl (C=O) groups is 3. The van der Waals surface area contributed by atoms with Crippen LogP contribution in [0.5, 0.6) is 0 Å². The Morgan fingerprint density at radius 1 is 1.00 bits per heavy atom. The van der Waals surface area contributed by atoms with Crippen molar-refractivity contribution in [2.45, 2.75) is 30.6 Å². The summed E-state index contributed by atoms with van der Waals surface area (Å²) >= 11 is 2.13. The van der Waals surface area contributed by atoms with E-state index in [0.717, 1.165) is 28.4 Å². The van der Waals surface area contributed by atoms with Gasteiger partial charge in [0.25, 0.3) is 0 Å². The zero-order chi connectivity index (χ0) is 13.7. The van der Waals surface area contributed by atoms with Gasteiger partial charge in [-0.15, -0.1) is 0 Å². The number of nitrogens with one attached hydrogen (secondary N) is 1. The molecule has 0 aliphatic carbocycles. The summed E-state index contributed by atoms with van der Waals surface area (Å²) in [6, 6.07) is 5.17. The number of hydrogen-bond donors (Lipinski definition) is 1. The molecule has 0 unspecified atom stereocenters. The minimum absolute atomic E-state index is 0.0317. The summed E-state index contributed by atoms with van der Waals surface area (Å²) < 4.78 is 0. The lowest BCUT2D eigenvalue weighted by atomic mass is 10.3.